The normalized spacial score (nSPS) is 16.7. The number of ether oxygens (including phenoxy) is 1. The molecule has 7 rings (SSSR count). The molecule has 0 spiro atoms. The number of hydrogen-bond acceptors (Lipinski definition) is 7. The number of halogens is 1. The molecule has 0 amide bonds. The van der Waals surface area contributed by atoms with E-state index in [2.05, 4.69) is 31.6 Å². The average Bonchev–Trinajstić information content (AvgIpc) is 3.72. The number of imidazole rings is 1. The van der Waals surface area contributed by atoms with E-state index in [1.54, 1.807) is 60.9 Å². The molecule has 0 saturated heterocycles. The maximum atomic E-state index is 13.6. The Hall–Kier alpha value is -4.63. The van der Waals surface area contributed by atoms with Gasteiger partial charge in [-0.25, -0.2) is 22.4 Å². The fraction of sp³-hybridized carbons (Fsp3) is 0.243. The predicted molar refractivity (Wildman–Crippen MR) is 186 cm³/mol. The third-order valence-corrected chi connectivity index (χ3v) is 11.3. The second kappa shape index (κ2) is 13.5. The second-order valence-electron chi connectivity index (χ2n) is 12.1. The first-order valence-electron chi connectivity index (χ1n) is 15.8. The first-order chi connectivity index (χ1) is 23.3. The average molecular weight is 723 g/mol. The van der Waals surface area contributed by atoms with Crippen molar-refractivity contribution in [3.8, 4) is 6.07 Å². The zero-order valence-corrected chi connectivity index (χ0v) is 28.4. The van der Waals surface area contributed by atoms with Crippen LogP contribution in [0, 0.1) is 17.2 Å². The topological polar surface area (TPSA) is 120 Å². The summed E-state index contributed by atoms with van der Waals surface area (Å²) in [5.74, 6) is 1.07. The van der Waals surface area contributed by atoms with E-state index in [0.717, 1.165) is 47.1 Å². The Labute approximate surface area is 287 Å². The second-order valence-corrected chi connectivity index (χ2v) is 14.9. The standard InChI is InChI=1S/C37H32BrN5O4S/c38-29-14-12-28(13-15-29)36(44)27-10-6-26(7-11-27)23-47-24-34-41-33-22-40-37-32(19-21-42(37)48(45,46)31-4-2-1-3-5-31)35(33)43(34)30-16-8-25(9-17-30)18-20-39/h1-7,10-15,19,21-22,25,30H,8-9,16-18,23-24H2/t25-,30-. The predicted octanol–water partition coefficient (Wildman–Crippen LogP) is 7.98. The van der Waals surface area contributed by atoms with Crippen LogP contribution in [0.4, 0.5) is 0 Å². The minimum absolute atomic E-state index is 0.0431. The molecule has 1 aliphatic carbocycles. The van der Waals surface area contributed by atoms with Crippen LogP contribution in [0.3, 0.4) is 0 Å². The van der Waals surface area contributed by atoms with Crippen LogP contribution in [-0.4, -0.2) is 32.7 Å². The molecule has 6 aromatic rings. The van der Waals surface area contributed by atoms with E-state index in [-0.39, 0.29) is 23.3 Å². The molecule has 48 heavy (non-hydrogen) atoms. The van der Waals surface area contributed by atoms with Gasteiger partial charge in [-0.05, 0) is 79.6 Å². The lowest BCUT2D eigenvalue weighted by atomic mass is 9.84. The van der Waals surface area contributed by atoms with Crippen molar-refractivity contribution in [3.05, 3.63) is 124 Å². The van der Waals surface area contributed by atoms with E-state index in [1.807, 2.05) is 36.4 Å². The molecule has 3 heterocycles. The minimum Gasteiger partial charge on any atom is -0.369 e. The summed E-state index contributed by atoms with van der Waals surface area (Å²) in [5.41, 5.74) is 4.00. The van der Waals surface area contributed by atoms with E-state index < -0.39 is 10.0 Å². The lowest BCUT2D eigenvalue weighted by Crippen LogP contribution is -2.20. The largest absolute Gasteiger partial charge is 0.369 e. The Kier molecular flexibility index (Phi) is 8.96. The Bertz CT molecular complexity index is 2250. The van der Waals surface area contributed by atoms with Gasteiger partial charge in [0.2, 0.25) is 0 Å². The van der Waals surface area contributed by atoms with Gasteiger partial charge in [-0.15, -0.1) is 0 Å². The first kappa shape index (κ1) is 31.9. The first-order valence-corrected chi connectivity index (χ1v) is 18.1. The van der Waals surface area contributed by atoms with Crippen molar-refractivity contribution >= 4 is 53.8 Å². The summed E-state index contributed by atoms with van der Waals surface area (Å²) in [5, 5.41) is 9.96. The Balaban J connectivity index is 1.17. The van der Waals surface area contributed by atoms with Crippen molar-refractivity contribution in [2.24, 2.45) is 5.92 Å². The number of fused-ring (bicyclic) bond motifs is 3. The summed E-state index contributed by atoms with van der Waals surface area (Å²) < 4.78 is 37.8. The zero-order valence-electron chi connectivity index (χ0n) is 26.0. The quantitative estimate of drug-likeness (QED) is 0.132. The van der Waals surface area contributed by atoms with Crippen molar-refractivity contribution in [2.45, 2.75) is 56.3 Å². The van der Waals surface area contributed by atoms with Gasteiger partial charge in [0.15, 0.2) is 11.4 Å². The number of hydrogen-bond donors (Lipinski definition) is 0. The summed E-state index contributed by atoms with van der Waals surface area (Å²) in [6, 6.07) is 27.3. The van der Waals surface area contributed by atoms with Gasteiger partial charge >= 0.3 is 0 Å². The molecular formula is C37H32BrN5O4S. The molecule has 0 bridgehead atoms. The van der Waals surface area contributed by atoms with Crippen molar-refractivity contribution < 1.29 is 17.9 Å². The molecule has 0 atom stereocenters. The van der Waals surface area contributed by atoms with Gasteiger partial charge in [0, 0.05) is 39.6 Å². The molecule has 3 aromatic heterocycles. The van der Waals surface area contributed by atoms with Gasteiger partial charge in [-0.1, -0.05) is 58.4 Å². The van der Waals surface area contributed by atoms with Crippen molar-refractivity contribution in [2.75, 3.05) is 0 Å². The van der Waals surface area contributed by atoms with E-state index >= 15 is 0 Å². The smallest absolute Gasteiger partial charge is 0.269 e. The fourth-order valence-electron chi connectivity index (χ4n) is 6.61. The molecule has 0 unspecified atom stereocenters. The number of aromatic nitrogens is 4. The molecule has 1 aliphatic rings. The van der Waals surface area contributed by atoms with Crippen LogP contribution in [-0.2, 0) is 28.0 Å². The van der Waals surface area contributed by atoms with Crippen molar-refractivity contribution in [1.82, 2.24) is 18.5 Å². The SMILES string of the molecule is N#CC[C@H]1CC[C@H](n2c(COCc3ccc(C(=O)c4ccc(Br)cc4)cc3)nc3cnc4c(ccn4S(=O)(=O)c4ccccc4)c32)CC1. The Morgan fingerprint density at radius 3 is 2.29 bits per heavy atom. The third-order valence-electron chi connectivity index (χ3n) is 9.09. The number of carbonyl (C=O) groups excluding carboxylic acids is 1. The number of rotatable bonds is 10. The lowest BCUT2D eigenvalue weighted by molar-refractivity contribution is 0.0970. The van der Waals surface area contributed by atoms with E-state index in [9.17, 15) is 18.5 Å². The van der Waals surface area contributed by atoms with Crippen LogP contribution in [0.5, 0.6) is 0 Å². The van der Waals surface area contributed by atoms with Crippen LogP contribution in [0.15, 0.2) is 107 Å². The highest BCUT2D eigenvalue weighted by atomic mass is 79.9. The molecule has 0 radical (unpaired) electrons. The summed E-state index contributed by atoms with van der Waals surface area (Å²) in [6.07, 6.45) is 7.37. The van der Waals surface area contributed by atoms with Crippen LogP contribution >= 0.6 is 15.9 Å². The van der Waals surface area contributed by atoms with Gasteiger partial charge in [-0.2, -0.15) is 5.26 Å². The summed E-state index contributed by atoms with van der Waals surface area (Å²) in [4.78, 5) is 22.6. The molecule has 11 heteroatoms. The minimum atomic E-state index is -3.86. The summed E-state index contributed by atoms with van der Waals surface area (Å²) in [6.45, 7) is 0.557. The van der Waals surface area contributed by atoms with Gasteiger partial charge in [-0.3, -0.25) is 4.79 Å². The molecule has 0 aliphatic heterocycles. The molecule has 3 aromatic carbocycles. The van der Waals surface area contributed by atoms with Crippen LogP contribution in [0.1, 0.15) is 65.5 Å². The van der Waals surface area contributed by atoms with Gasteiger partial charge in [0.1, 0.15) is 17.9 Å². The number of nitrogens with zero attached hydrogens (tertiary/aromatic N) is 5. The van der Waals surface area contributed by atoms with Crippen LogP contribution in [0.2, 0.25) is 0 Å². The number of nitriles is 1. The molecular weight excluding hydrogens is 690 g/mol. The Morgan fingerprint density at radius 2 is 1.60 bits per heavy atom. The third kappa shape index (κ3) is 6.19. The molecule has 1 saturated carbocycles. The van der Waals surface area contributed by atoms with E-state index in [0.29, 0.717) is 46.6 Å². The van der Waals surface area contributed by atoms with Crippen molar-refractivity contribution in [3.63, 3.8) is 0 Å². The highest BCUT2D eigenvalue weighted by Crippen LogP contribution is 2.38. The van der Waals surface area contributed by atoms with Crippen LogP contribution in [0.25, 0.3) is 22.1 Å². The van der Waals surface area contributed by atoms with Gasteiger partial charge in [0.25, 0.3) is 10.0 Å². The maximum Gasteiger partial charge on any atom is 0.269 e. The highest BCUT2D eigenvalue weighted by molar-refractivity contribution is 9.10. The highest BCUT2D eigenvalue weighted by Gasteiger charge is 2.28. The summed E-state index contributed by atoms with van der Waals surface area (Å²) in [7, 11) is -3.86. The molecule has 1 fully saturated rings. The molecule has 9 nitrogen and oxygen atoms in total. The number of carbonyl (C=O) groups is 1. The van der Waals surface area contributed by atoms with Gasteiger partial charge in [0.05, 0.1) is 29.3 Å². The number of pyridine rings is 1. The summed E-state index contributed by atoms with van der Waals surface area (Å²) >= 11 is 3.40. The van der Waals surface area contributed by atoms with Crippen LogP contribution < -0.4 is 0 Å². The molecule has 242 valence electrons. The van der Waals surface area contributed by atoms with Crippen molar-refractivity contribution in [1.29, 1.82) is 5.26 Å². The number of ketones is 1. The monoisotopic (exact) mass is 721 g/mol. The Morgan fingerprint density at radius 1 is 0.917 bits per heavy atom. The van der Waals surface area contributed by atoms with E-state index in [1.165, 1.54) is 3.97 Å². The number of benzene rings is 3. The lowest BCUT2D eigenvalue weighted by Gasteiger charge is -2.30. The fourth-order valence-corrected chi connectivity index (χ4v) is 8.19. The van der Waals surface area contributed by atoms with E-state index in [4.69, 9.17) is 9.72 Å². The zero-order chi connectivity index (χ0) is 33.3. The molecule has 0 N–H and O–H groups in total. The maximum absolute atomic E-state index is 13.6. The van der Waals surface area contributed by atoms with Gasteiger partial charge < -0.3 is 9.30 Å².